The number of amides is 2. The second kappa shape index (κ2) is 5.89. The number of thiazole rings is 1. The maximum Gasteiger partial charge on any atom is 0.339 e. The molecule has 2 N–H and O–H groups in total. The summed E-state index contributed by atoms with van der Waals surface area (Å²) >= 11 is 1.51. The molecule has 2 amide bonds. The molecule has 4 rings (SSSR count). The van der Waals surface area contributed by atoms with Gasteiger partial charge in [0.05, 0.1) is 10.2 Å². The minimum absolute atomic E-state index is 0.197. The van der Waals surface area contributed by atoms with E-state index in [0.717, 1.165) is 10.2 Å². The molecule has 0 spiro atoms. The number of anilines is 1. The summed E-state index contributed by atoms with van der Waals surface area (Å²) in [6.45, 7) is 0.197. The zero-order valence-electron chi connectivity index (χ0n) is 12.8. The van der Waals surface area contributed by atoms with Gasteiger partial charge >= 0.3 is 6.03 Å². The van der Waals surface area contributed by atoms with Gasteiger partial charge in [0.15, 0.2) is 11.5 Å². The Bertz CT molecular complexity index is 992. The molecule has 7 nitrogen and oxygen atoms in total. The molecule has 0 unspecified atom stereocenters. The van der Waals surface area contributed by atoms with Gasteiger partial charge in [-0.05, 0) is 24.3 Å². The highest BCUT2D eigenvalue weighted by Crippen LogP contribution is 2.34. The van der Waals surface area contributed by atoms with Crippen LogP contribution in [0.15, 0.2) is 47.6 Å². The molecule has 0 fully saturated rings. The number of carbonyl (C=O) groups excluding carboxylic acids is 1. The summed E-state index contributed by atoms with van der Waals surface area (Å²) in [6.07, 6.45) is 0. The molecule has 0 radical (unpaired) electrons. The highest BCUT2D eigenvalue weighted by molar-refractivity contribution is 7.16. The van der Waals surface area contributed by atoms with Crippen molar-refractivity contribution in [1.82, 2.24) is 9.99 Å². The quantitative estimate of drug-likeness (QED) is 0.703. The smallest absolute Gasteiger partial charge is 0.339 e. The maximum absolute atomic E-state index is 12.0. The van der Waals surface area contributed by atoms with E-state index >= 15 is 0 Å². The molecule has 0 saturated heterocycles. The molecule has 1 aromatic heterocycles. The molecule has 3 aromatic rings. The molecule has 0 atom stereocenters. The number of carbonyl (C=O) groups is 1. The molecular weight excluding hydrogens is 328 g/mol. The number of para-hydroxylation sites is 1. The lowest BCUT2D eigenvalue weighted by atomic mass is 10.3. The fourth-order valence-electron chi connectivity index (χ4n) is 2.42. The molecule has 8 heteroatoms. The standard InChI is InChI=1S/C16H14N4O3S/c1-20-11-4-2-3-5-14(11)24-16(20)19-18-15(21)17-10-6-7-12-13(8-10)23-9-22-12/h2-8H,9H2,1H3,(H2,17,18,21). The number of fused-ring (bicyclic) bond motifs is 2. The number of nitrogens with one attached hydrogen (secondary N) is 2. The zero-order valence-corrected chi connectivity index (χ0v) is 13.6. The molecule has 0 aliphatic carbocycles. The van der Waals surface area contributed by atoms with Crippen LogP contribution in [0.1, 0.15) is 0 Å². The Morgan fingerprint density at radius 3 is 2.92 bits per heavy atom. The lowest BCUT2D eigenvalue weighted by Crippen LogP contribution is -2.27. The van der Waals surface area contributed by atoms with Gasteiger partial charge in [-0.15, -0.1) is 5.10 Å². The number of urea groups is 1. The van der Waals surface area contributed by atoms with Crippen molar-refractivity contribution in [2.45, 2.75) is 0 Å². The second-order valence-corrected chi connectivity index (χ2v) is 6.17. The lowest BCUT2D eigenvalue weighted by Gasteiger charge is -2.05. The summed E-state index contributed by atoms with van der Waals surface area (Å²) in [4.78, 5) is 12.7. The van der Waals surface area contributed by atoms with Gasteiger partial charge in [-0.25, -0.2) is 10.2 Å². The van der Waals surface area contributed by atoms with E-state index in [1.807, 2.05) is 35.9 Å². The van der Waals surface area contributed by atoms with Crippen molar-refractivity contribution in [3.63, 3.8) is 0 Å². The maximum atomic E-state index is 12.0. The Morgan fingerprint density at radius 2 is 2.04 bits per heavy atom. The van der Waals surface area contributed by atoms with Gasteiger partial charge in [0, 0.05) is 18.8 Å². The Kier molecular flexibility index (Phi) is 3.58. The molecule has 1 aliphatic heterocycles. The van der Waals surface area contributed by atoms with E-state index in [0.29, 0.717) is 22.0 Å². The van der Waals surface area contributed by atoms with Crippen molar-refractivity contribution in [3.05, 3.63) is 47.3 Å². The van der Waals surface area contributed by atoms with E-state index < -0.39 is 6.03 Å². The first-order valence-electron chi connectivity index (χ1n) is 7.25. The first kappa shape index (κ1) is 14.6. The number of benzene rings is 2. The molecule has 0 bridgehead atoms. The summed E-state index contributed by atoms with van der Waals surface area (Å²) in [7, 11) is 1.91. The molecule has 2 heterocycles. The lowest BCUT2D eigenvalue weighted by molar-refractivity contribution is 0.174. The van der Waals surface area contributed by atoms with Gasteiger partial charge in [-0.2, -0.15) is 0 Å². The third kappa shape index (κ3) is 2.67. The Balaban J connectivity index is 1.50. The van der Waals surface area contributed by atoms with Crippen LogP contribution in [0.2, 0.25) is 0 Å². The minimum atomic E-state index is -0.425. The monoisotopic (exact) mass is 342 g/mol. The van der Waals surface area contributed by atoms with Gasteiger partial charge in [-0.3, -0.25) is 0 Å². The van der Waals surface area contributed by atoms with Crippen LogP contribution in [0, 0.1) is 0 Å². The number of aryl methyl sites for hydroxylation is 1. The fraction of sp³-hybridized carbons (Fsp3) is 0.125. The highest BCUT2D eigenvalue weighted by Gasteiger charge is 2.14. The van der Waals surface area contributed by atoms with Crippen molar-refractivity contribution in [1.29, 1.82) is 0 Å². The highest BCUT2D eigenvalue weighted by atomic mass is 32.1. The van der Waals surface area contributed by atoms with Crippen LogP contribution in [0.25, 0.3) is 10.2 Å². The predicted molar refractivity (Wildman–Crippen MR) is 91.1 cm³/mol. The number of hydrogen-bond donors (Lipinski definition) is 2. The zero-order chi connectivity index (χ0) is 16.5. The average Bonchev–Trinajstić information content (AvgIpc) is 3.17. The second-order valence-electron chi connectivity index (χ2n) is 5.16. The van der Waals surface area contributed by atoms with Crippen molar-refractivity contribution in [2.75, 3.05) is 12.1 Å². The molecule has 1 aliphatic rings. The van der Waals surface area contributed by atoms with Crippen LogP contribution in [0.5, 0.6) is 11.5 Å². The first-order chi connectivity index (χ1) is 11.7. The van der Waals surface area contributed by atoms with Crippen molar-refractivity contribution < 1.29 is 14.3 Å². The van der Waals surface area contributed by atoms with E-state index in [2.05, 4.69) is 15.8 Å². The molecule has 0 saturated carbocycles. The van der Waals surface area contributed by atoms with Crippen LogP contribution in [0.4, 0.5) is 10.5 Å². The Morgan fingerprint density at radius 1 is 1.21 bits per heavy atom. The van der Waals surface area contributed by atoms with Gasteiger partial charge in [-0.1, -0.05) is 23.5 Å². The van der Waals surface area contributed by atoms with Crippen LogP contribution in [-0.2, 0) is 7.05 Å². The average molecular weight is 342 g/mol. The number of aromatic nitrogens is 1. The van der Waals surface area contributed by atoms with E-state index in [-0.39, 0.29) is 6.79 Å². The Labute approximate surface area is 141 Å². The Hall–Kier alpha value is -3.00. The molecular formula is C16H14N4O3S. The van der Waals surface area contributed by atoms with Crippen molar-refractivity contribution >= 4 is 33.3 Å². The number of ether oxygens (including phenoxy) is 2. The molecule has 122 valence electrons. The third-order valence-corrected chi connectivity index (χ3v) is 4.71. The summed E-state index contributed by atoms with van der Waals surface area (Å²) in [5.74, 6) is 1.28. The summed E-state index contributed by atoms with van der Waals surface area (Å²) in [5, 5.41) is 6.89. The third-order valence-electron chi connectivity index (χ3n) is 3.60. The van der Waals surface area contributed by atoms with E-state index in [4.69, 9.17) is 9.47 Å². The van der Waals surface area contributed by atoms with Crippen LogP contribution in [-0.4, -0.2) is 17.4 Å². The van der Waals surface area contributed by atoms with Crippen molar-refractivity contribution in [2.24, 2.45) is 12.1 Å². The normalized spacial score (nSPS) is 13.3. The molecule has 24 heavy (non-hydrogen) atoms. The first-order valence-corrected chi connectivity index (χ1v) is 8.07. The van der Waals surface area contributed by atoms with Gasteiger partial charge in [0.2, 0.25) is 11.6 Å². The van der Waals surface area contributed by atoms with E-state index in [9.17, 15) is 4.79 Å². The predicted octanol–water partition coefficient (Wildman–Crippen LogP) is 2.61. The summed E-state index contributed by atoms with van der Waals surface area (Å²) < 4.78 is 13.6. The fourth-order valence-corrected chi connectivity index (χ4v) is 3.40. The van der Waals surface area contributed by atoms with Crippen LogP contribution >= 0.6 is 11.3 Å². The minimum Gasteiger partial charge on any atom is -0.454 e. The number of rotatable bonds is 2. The van der Waals surface area contributed by atoms with Gasteiger partial charge < -0.3 is 19.4 Å². The van der Waals surface area contributed by atoms with Gasteiger partial charge in [0.25, 0.3) is 0 Å². The molecule has 2 aromatic carbocycles. The largest absolute Gasteiger partial charge is 0.454 e. The summed E-state index contributed by atoms with van der Waals surface area (Å²) in [6, 6.07) is 12.8. The van der Waals surface area contributed by atoms with Gasteiger partial charge in [0.1, 0.15) is 0 Å². The summed E-state index contributed by atoms with van der Waals surface area (Å²) in [5.41, 5.74) is 4.18. The van der Waals surface area contributed by atoms with Crippen LogP contribution < -0.4 is 25.0 Å². The van der Waals surface area contributed by atoms with E-state index in [1.165, 1.54) is 11.3 Å². The van der Waals surface area contributed by atoms with Crippen LogP contribution in [0.3, 0.4) is 0 Å². The number of nitrogens with zero attached hydrogens (tertiary/aromatic N) is 2. The SMILES string of the molecule is Cn1c(=NNC(=O)Nc2ccc3c(c2)OCO3)sc2ccccc21. The topological polar surface area (TPSA) is 76.9 Å². The van der Waals surface area contributed by atoms with Crippen molar-refractivity contribution in [3.8, 4) is 11.5 Å². The number of hydrogen-bond acceptors (Lipinski definition) is 5. The van der Waals surface area contributed by atoms with E-state index in [1.54, 1.807) is 18.2 Å².